The van der Waals surface area contributed by atoms with E-state index in [1.165, 1.54) is 25.7 Å². The monoisotopic (exact) mass is 288 g/mol. The Balaban J connectivity index is 1.96. The van der Waals surface area contributed by atoms with Crippen molar-refractivity contribution >= 4 is 22.5 Å². The lowest BCUT2D eigenvalue weighted by atomic mass is 10.1. The van der Waals surface area contributed by atoms with Crippen LogP contribution in [0.25, 0.3) is 10.9 Å². The Bertz CT molecular complexity index is 704. The highest BCUT2D eigenvalue weighted by Crippen LogP contribution is 2.51. The molecular formula is C16H17ClN2O. The molecule has 0 amide bonds. The van der Waals surface area contributed by atoms with Crippen LogP contribution in [0.1, 0.15) is 37.5 Å². The van der Waals surface area contributed by atoms with Crippen molar-refractivity contribution in [3.63, 3.8) is 0 Å². The van der Waals surface area contributed by atoms with Crippen molar-refractivity contribution in [2.24, 2.45) is 11.8 Å². The second-order valence-electron chi connectivity index (χ2n) is 6.02. The van der Waals surface area contributed by atoms with Gasteiger partial charge in [-0.05, 0) is 49.7 Å². The van der Waals surface area contributed by atoms with E-state index in [0.29, 0.717) is 29.1 Å². The van der Waals surface area contributed by atoms with Crippen LogP contribution in [-0.4, -0.2) is 9.55 Å². The lowest BCUT2D eigenvalue weighted by molar-refractivity contribution is 0.373. The molecule has 0 unspecified atom stereocenters. The number of halogens is 1. The van der Waals surface area contributed by atoms with Crippen LogP contribution in [0, 0.1) is 11.8 Å². The van der Waals surface area contributed by atoms with Crippen LogP contribution in [0.3, 0.4) is 0 Å². The van der Waals surface area contributed by atoms with Crippen molar-refractivity contribution in [2.45, 2.75) is 37.6 Å². The third-order valence-corrected chi connectivity index (χ3v) is 4.75. The lowest BCUT2D eigenvalue weighted by Crippen LogP contribution is -2.31. The molecule has 104 valence electrons. The number of hydrogen-bond acceptors (Lipinski definition) is 2. The van der Waals surface area contributed by atoms with Gasteiger partial charge < -0.3 is 0 Å². The minimum Gasteiger partial charge on any atom is -0.291 e. The van der Waals surface area contributed by atoms with Crippen LogP contribution in [0.2, 0.25) is 0 Å². The molecule has 0 radical (unpaired) electrons. The molecule has 0 bridgehead atoms. The maximum atomic E-state index is 12.9. The van der Waals surface area contributed by atoms with Gasteiger partial charge in [0, 0.05) is 6.04 Å². The first-order chi connectivity index (χ1) is 9.79. The van der Waals surface area contributed by atoms with E-state index in [9.17, 15) is 4.79 Å². The molecule has 1 aromatic heterocycles. The van der Waals surface area contributed by atoms with Crippen LogP contribution < -0.4 is 5.56 Å². The highest BCUT2D eigenvalue weighted by atomic mass is 35.5. The molecule has 2 aliphatic carbocycles. The summed E-state index contributed by atoms with van der Waals surface area (Å²) >= 11 is 6.08. The maximum Gasteiger partial charge on any atom is 0.261 e. The molecule has 0 atom stereocenters. The first kappa shape index (κ1) is 12.4. The summed E-state index contributed by atoms with van der Waals surface area (Å²) in [5, 5.41) is 0.715. The molecule has 2 fully saturated rings. The van der Waals surface area contributed by atoms with E-state index in [2.05, 4.69) is 4.98 Å². The summed E-state index contributed by atoms with van der Waals surface area (Å²) in [6.07, 6.45) is 4.95. The molecule has 0 aliphatic heterocycles. The average molecular weight is 289 g/mol. The third-order valence-electron chi connectivity index (χ3n) is 4.51. The van der Waals surface area contributed by atoms with Gasteiger partial charge in [-0.15, -0.1) is 11.6 Å². The fraction of sp³-hybridized carbons (Fsp3) is 0.500. The highest BCUT2D eigenvalue weighted by Gasteiger charge is 2.43. The van der Waals surface area contributed by atoms with Gasteiger partial charge in [0.15, 0.2) is 0 Å². The Kier molecular flexibility index (Phi) is 2.84. The van der Waals surface area contributed by atoms with Crippen molar-refractivity contribution in [3.05, 3.63) is 40.4 Å². The maximum absolute atomic E-state index is 12.9. The van der Waals surface area contributed by atoms with E-state index >= 15 is 0 Å². The van der Waals surface area contributed by atoms with Crippen molar-refractivity contribution in [1.82, 2.24) is 9.55 Å². The zero-order chi connectivity index (χ0) is 13.7. The Hall–Kier alpha value is -1.35. The summed E-state index contributed by atoms with van der Waals surface area (Å²) in [6.45, 7) is 0. The number of para-hydroxylation sites is 1. The highest BCUT2D eigenvalue weighted by molar-refractivity contribution is 6.16. The number of alkyl halides is 1. The molecule has 2 saturated carbocycles. The van der Waals surface area contributed by atoms with Gasteiger partial charge in [-0.3, -0.25) is 9.36 Å². The lowest BCUT2D eigenvalue weighted by Gasteiger charge is -2.22. The molecule has 0 N–H and O–H groups in total. The smallest absolute Gasteiger partial charge is 0.261 e. The zero-order valence-electron chi connectivity index (χ0n) is 11.3. The quantitative estimate of drug-likeness (QED) is 0.807. The van der Waals surface area contributed by atoms with Crippen molar-refractivity contribution < 1.29 is 0 Å². The molecule has 4 rings (SSSR count). The number of nitrogens with zero attached hydrogens (tertiary/aromatic N) is 2. The van der Waals surface area contributed by atoms with Gasteiger partial charge in [0.05, 0.1) is 16.8 Å². The molecule has 2 aliphatic rings. The fourth-order valence-electron chi connectivity index (χ4n) is 3.28. The van der Waals surface area contributed by atoms with Crippen molar-refractivity contribution in [1.29, 1.82) is 0 Å². The van der Waals surface area contributed by atoms with E-state index in [1.54, 1.807) is 0 Å². The van der Waals surface area contributed by atoms with Crippen LogP contribution >= 0.6 is 11.6 Å². The first-order valence-corrected chi connectivity index (χ1v) is 7.89. The summed E-state index contributed by atoms with van der Waals surface area (Å²) in [6, 6.07) is 7.90. The predicted octanol–water partition coefficient (Wildman–Crippen LogP) is 3.50. The van der Waals surface area contributed by atoms with E-state index < -0.39 is 0 Å². The zero-order valence-corrected chi connectivity index (χ0v) is 12.0. The molecular weight excluding hydrogens is 272 g/mol. The summed E-state index contributed by atoms with van der Waals surface area (Å²) in [5.74, 6) is 2.35. The van der Waals surface area contributed by atoms with Gasteiger partial charge >= 0.3 is 0 Å². The molecule has 2 aromatic rings. The number of aromatic nitrogens is 2. The van der Waals surface area contributed by atoms with Crippen LogP contribution in [0.15, 0.2) is 29.1 Å². The van der Waals surface area contributed by atoms with Gasteiger partial charge in [0.1, 0.15) is 5.82 Å². The fourth-order valence-corrected chi connectivity index (χ4v) is 3.46. The third kappa shape index (κ3) is 1.96. The van der Waals surface area contributed by atoms with Crippen molar-refractivity contribution in [3.8, 4) is 0 Å². The van der Waals surface area contributed by atoms with E-state index in [0.717, 1.165) is 11.3 Å². The molecule has 1 heterocycles. The number of hydrogen-bond donors (Lipinski definition) is 0. The largest absolute Gasteiger partial charge is 0.291 e. The topological polar surface area (TPSA) is 34.9 Å². The van der Waals surface area contributed by atoms with Crippen LogP contribution in [0.5, 0.6) is 0 Å². The van der Waals surface area contributed by atoms with Gasteiger partial charge in [-0.1, -0.05) is 12.1 Å². The van der Waals surface area contributed by atoms with Gasteiger partial charge in [-0.25, -0.2) is 4.98 Å². The molecule has 0 spiro atoms. The van der Waals surface area contributed by atoms with Crippen LogP contribution in [0.4, 0.5) is 0 Å². The Labute approximate surface area is 122 Å². The van der Waals surface area contributed by atoms with Crippen molar-refractivity contribution in [2.75, 3.05) is 0 Å². The van der Waals surface area contributed by atoms with Gasteiger partial charge in [0.2, 0.25) is 0 Å². The molecule has 1 aromatic carbocycles. The van der Waals surface area contributed by atoms with Gasteiger partial charge in [0.25, 0.3) is 5.56 Å². The number of fused-ring (bicyclic) bond motifs is 1. The average Bonchev–Trinajstić information content (AvgIpc) is 3.36. The Morgan fingerprint density at radius 2 is 1.85 bits per heavy atom. The molecule has 3 nitrogen and oxygen atoms in total. The minimum absolute atomic E-state index is 0.0926. The van der Waals surface area contributed by atoms with E-state index in [1.807, 2.05) is 28.8 Å². The Morgan fingerprint density at radius 1 is 1.20 bits per heavy atom. The van der Waals surface area contributed by atoms with E-state index in [-0.39, 0.29) is 5.56 Å². The Morgan fingerprint density at radius 3 is 2.45 bits per heavy atom. The molecule has 0 saturated heterocycles. The minimum atomic E-state index is 0.0926. The van der Waals surface area contributed by atoms with E-state index in [4.69, 9.17) is 11.6 Å². The standard InChI is InChI=1S/C16H17ClN2O/c17-9-14-18-13-4-2-1-3-12(13)16(20)19(14)15(10-5-6-10)11-7-8-11/h1-4,10-11,15H,5-9H2. The predicted molar refractivity (Wildman–Crippen MR) is 80.0 cm³/mol. The number of rotatable bonds is 4. The first-order valence-electron chi connectivity index (χ1n) is 7.35. The second kappa shape index (κ2) is 4.59. The molecule has 4 heteroatoms. The SMILES string of the molecule is O=c1c2ccccc2nc(CCl)n1C(C1CC1)C1CC1. The second-order valence-corrected chi connectivity index (χ2v) is 6.29. The van der Waals surface area contributed by atoms with Gasteiger partial charge in [-0.2, -0.15) is 0 Å². The summed E-state index contributed by atoms with van der Waals surface area (Å²) < 4.78 is 1.92. The molecule has 20 heavy (non-hydrogen) atoms. The normalized spacial score (nSPS) is 18.9. The summed E-state index contributed by atoms with van der Waals surface area (Å²) in [4.78, 5) is 17.5. The number of benzene rings is 1. The van der Waals surface area contributed by atoms with Crippen LogP contribution in [-0.2, 0) is 5.88 Å². The summed E-state index contributed by atoms with van der Waals surface area (Å²) in [7, 11) is 0. The summed E-state index contributed by atoms with van der Waals surface area (Å²) in [5.41, 5.74) is 0.852.